The van der Waals surface area contributed by atoms with Crippen molar-refractivity contribution < 1.29 is 0 Å². The van der Waals surface area contributed by atoms with E-state index in [1.807, 2.05) is 23.1 Å². The molecule has 0 radical (unpaired) electrons. The first kappa shape index (κ1) is 12.4. The van der Waals surface area contributed by atoms with Crippen LogP contribution in [0, 0.1) is 0 Å². The molecule has 0 bridgehead atoms. The first-order valence-corrected chi connectivity index (χ1v) is 8.11. The molecule has 0 spiro atoms. The molecule has 1 saturated heterocycles. The molecule has 1 fully saturated rings. The zero-order valence-corrected chi connectivity index (χ0v) is 11.7. The zero-order chi connectivity index (χ0) is 11.4. The van der Waals surface area contributed by atoms with Crippen molar-refractivity contribution in [1.29, 1.82) is 0 Å². The fourth-order valence-corrected chi connectivity index (χ4v) is 4.16. The monoisotopic (exact) mass is 256 g/mol. The number of rotatable bonds is 4. The molecule has 0 saturated carbocycles. The Balaban J connectivity index is 2.14. The number of aromatic nitrogens is 1. The van der Waals surface area contributed by atoms with E-state index < -0.39 is 0 Å². The number of thioether (sulfide) groups is 1. The molecule has 1 aliphatic heterocycles. The van der Waals surface area contributed by atoms with Crippen LogP contribution in [0.3, 0.4) is 0 Å². The van der Waals surface area contributed by atoms with E-state index in [2.05, 4.69) is 19.2 Å². The maximum Gasteiger partial charge on any atom is 0.111 e. The smallest absolute Gasteiger partial charge is 0.111 e. The summed E-state index contributed by atoms with van der Waals surface area (Å²) in [5, 5.41) is 4.88. The van der Waals surface area contributed by atoms with Gasteiger partial charge in [0.1, 0.15) is 5.01 Å². The largest absolute Gasteiger partial charge is 0.306 e. The van der Waals surface area contributed by atoms with Crippen molar-refractivity contribution in [3.05, 3.63) is 15.6 Å². The van der Waals surface area contributed by atoms with Crippen molar-refractivity contribution in [2.45, 2.75) is 39.2 Å². The Labute approximate surface area is 106 Å². The average molecular weight is 256 g/mol. The maximum atomic E-state index is 4.84. The summed E-state index contributed by atoms with van der Waals surface area (Å²) in [7, 11) is 0. The molecular formula is C12H20N2S2. The van der Waals surface area contributed by atoms with E-state index >= 15 is 0 Å². The molecule has 1 aromatic rings. The van der Waals surface area contributed by atoms with Gasteiger partial charge in [0.15, 0.2) is 0 Å². The summed E-state index contributed by atoms with van der Waals surface area (Å²) in [6.45, 7) is 5.59. The SMILES string of the molecule is CCCc1nc(C2CSCCN2)sc1CC. The maximum absolute atomic E-state index is 4.84. The third-order valence-corrected chi connectivity index (χ3v) is 5.24. The van der Waals surface area contributed by atoms with Gasteiger partial charge in [-0.05, 0) is 12.8 Å². The van der Waals surface area contributed by atoms with Crippen LogP contribution in [0.2, 0.25) is 0 Å². The molecule has 2 rings (SSSR count). The van der Waals surface area contributed by atoms with Crippen LogP contribution in [0.4, 0.5) is 0 Å². The Bertz CT molecular complexity index is 330. The van der Waals surface area contributed by atoms with E-state index in [9.17, 15) is 0 Å². The van der Waals surface area contributed by atoms with Gasteiger partial charge in [0.25, 0.3) is 0 Å². The lowest BCUT2D eigenvalue weighted by atomic mass is 10.2. The summed E-state index contributed by atoms with van der Waals surface area (Å²) in [4.78, 5) is 6.33. The van der Waals surface area contributed by atoms with E-state index in [-0.39, 0.29) is 0 Å². The molecule has 1 atom stereocenters. The Morgan fingerprint density at radius 3 is 2.94 bits per heavy atom. The van der Waals surface area contributed by atoms with Gasteiger partial charge in [-0.2, -0.15) is 11.8 Å². The molecule has 1 unspecified atom stereocenters. The lowest BCUT2D eigenvalue weighted by molar-refractivity contribution is 0.590. The number of hydrogen-bond acceptors (Lipinski definition) is 4. The molecule has 0 aromatic carbocycles. The molecule has 90 valence electrons. The fraction of sp³-hybridized carbons (Fsp3) is 0.750. The van der Waals surface area contributed by atoms with Crippen molar-refractivity contribution in [2.75, 3.05) is 18.1 Å². The van der Waals surface area contributed by atoms with Gasteiger partial charge in [0.05, 0.1) is 11.7 Å². The van der Waals surface area contributed by atoms with Gasteiger partial charge in [0.2, 0.25) is 0 Å². The van der Waals surface area contributed by atoms with Gasteiger partial charge in [-0.15, -0.1) is 11.3 Å². The van der Waals surface area contributed by atoms with Crippen LogP contribution < -0.4 is 5.32 Å². The minimum atomic E-state index is 0.500. The molecule has 16 heavy (non-hydrogen) atoms. The Kier molecular flexibility index (Phi) is 4.67. The average Bonchev–Trinajstić information content (AvgIpc) is 2.74. The van der Waals surface area contributed by atoms with Gasteiger partial charge in [-0.25, -0.2) is 4.98 Å². The molecule has 0 amide bonds. The van der Waals surface area contributed by atoms with Gasteiger partial charge in [-0.3, -0.25) is 0 Å². The van der Waals surface area contributed by atoms with Crippen LogP contribution >= 0.6 is 23.1 Å². The van der Waals surface area contributed by atoms with Crippen LogP contribution in [0.5, 0.6) is 0 Å². The summed E-state index contributed by atoms with van der Waals surface area (Å²) in [6.07, 6.45) is 3.47. The van der Waals surface area contributed by atoms with Crippen LogP contribution in [0.25, 0.3) is 0 Å². The van der Waals surface area contributed by atoms with E-state index in [0.29, 0.717) is 6.04 Å². The highest BCUT2D eigenvalue weighted by Crippen LogP contribution is 2.29. The lowest BCUT2D eigenvalue weighted by Gasteiger charge is -2.20. The third-order valence-electron chi connectivity index (χ3n) is 2.82. The molecule has 1 N–H and O–H groups in total. The van der Waals surface area contributed by atoms with Crippen LogP contribution in [0.15, 0.2) is 0 Å². The lowest BCUT2D eigenvalue weighted by Crippen LogP contribution is -2.30. The van der Waals surface area contributed by atoms with Crippen LogP contribution in [0.1, 0.15) is 41.9 Å². The number of aryl methyl sites for hydroxylation is 2. The second-order valence-electron chi connectivity index (χ2n) is 4.11. The Morgan fingerprint density at radius 1 is 1.44 bits per heavy atom. The molecule has 1 aliphatic rings. The predicted molar refractivity (Wildman–Crippen MR) is 73.6 cm³/mol. The van der Waals surface area contributed by atoms with Crippen molar-refractivity contribution in [1.82, 2.24) is 10.3 Å². The first-order chi connectivity index (χ1) is 7.85. The molecule has 0 aliphatic carbocycles. The van der Waals surface area contributed by atoms with Crippen molar-refractivity contribution in [3.8, 4) is 0 Å². The molecular weight excluding hydrogens is 236 g/mol. The molecule has 1 aromatic heterocycles. The van der Waals surface area contributed by atoms with E-state index in [1.54, 1.807) is 0 Å². The summed E-state index contributed by atoms with van der Waals surface area (Å²) in [5.41, 5.74) is 1.35. The summed E-state index contributed by atoms with van der Waals surface area (Å²) in [5.74, 6) is 2.42. The van der Waals surface area contributed by atoms with Gasteiger partial charge < -0.3 is 5.32 Å². The van der Waals surface area contributed by atoms with Crippen molar-refractivity contribution in [3.63, 3.8) is 0 Å². The van der Waals surface area contributed by atoms with E-state index in [4.69, 9.17) is 4.98 Å². The number of hydrogen-bond donors (Lipinski definition) is 1. The minimum absolute atomic E-state index is 0.500. The quantitative estimate of drug-likeness (QED) is 0.896. The zero-order valence-electron chi connectivity index (χ0n) is 10.1. The van der Waals surface area contributed by atoms with Crippen LogP contribution in [-0.2, 0) is 12.8 Å². The third kappa shape index (κ3) is 2.79. The number of nitrogens with zero attached hydrogens (tertiary/aromatic N) is 1. The van der Waals surface area contributed by atoms with Crippen LogP contribution in [-0.4, -0.2) is 23.0 Å². The second-order valence-corrected chi connectivity index (χ2v) is 6.37. The first-order valence-electron chi connectivity index (χ1n) is 6.14. The van der Waals surface area contributed by atoms with Gasteiger partial charge in [-0.1, -0.05) is 20.3 Å². The van der Waals surface area contributed by atoms with E-state index in [1.165, 1.54) is 33.5 Å². The van der Waals surface area contributed by atoms with Gasteiger partial charge in [0, 0.05) is 22.9 Å². The summed E-state index contributed by atoms with van der Waals surface area (Å²) in [6, 6.07) is 0.500. The highest BCUT2D eigenvalue weighted by molar-refractivity contribution is 7.99. The number of nitrogens with one attached hydrogen (secondary N) is 1. The summed E-state index contributed by atoms with van der Waals surface area (Å²) >= 11 is 3.96. The fourth-order valence-electron chi connectivity index (χ4n) is 1.98. The highest BCUT2D eigenvalue weighted by Gasteiger charge is 2.20. The van der Waals surface area contributed by atoms with E-state index in [0.717, 1.165) is 19.4 Å². The Hall–Kier alpha value is -0.0600. The van der Waals surface area contributed by atoms with Crippen molar-refractivity contribution >= 4 is 23.1 Å². The van der Waals surface area contributed by atoms with Gasteiger partial charge >= 0.3 is 0 Å². The number of thiazole rings is 1. The normalized spacial score (nSPS) is 21.2. The molecule has 2 heterocycles. The highest BCUT2D eigenvalue weighted by atomic mass is 32.2. The second kappa shape index (κ2) is 6.03. The topological polar surface area (TPSA) is 24.9 Å². The summed E-state index contributed by atoms with van der Waals surface area (Å²) < 4.78 is 0. The standard InChI is InChI=1S/C12H20N2S2/c1-3-5-9-11(4-2)16-12(14-9)10-8-15-7-6-13-10/h10,13H,3-8H2,1-2H3. The Morgan fingerprint density at radius 2 is 2.31 bits per heavy atom. The minimum Gasteiger partial charge on any atom is -0.306 e. The molecule has 2 nitrogen and oxygen atoms in total. The predicted octanol–water partition coefficient (Wildman–Crippen LogP) is 3.04. The molecule has 4 heteroatoms. The van der Waals surface area contributed by atoms with Crippen molar-refractivity contribution in [2.24, 2.45) is 0 Å².